The fraction of sp³-hybridized carbons (Fsp3) is 0.211. The van der Waals surface area contributed by atoms with Gasteiger partial charge in [-0.05, 0) is 38.1 Å². The minimum Gasteiger partial charge on any atom is -0.481 e. The van der Waals surface area contributed by atoms with Crippen LogP contribution >= 0.6 is 11.6 Å². The number of halogens is 1. The molecule has 0 aliphatic rings. The highest BCUT2D eigenvalue weighted by Crippen LogP contribution is 2.17. The van der Waals surface area contributed by atoms with Crippen molar-refractivity contribution in [1.82, 2.24) is 15.5 Å². The van der Waals surface area contributed by atoms with Gasteiger partial charge >= 0.3 is 0 Å². The number of hydrogen-bond acceptors (Lipinski definition) is 5. The molecular weight excluding hydrogens is 354 g/mol. The summed E-state index contributed by atoms with van der Waals surface area (Å²) in [4.78, 5) is 16.4. The fourth-order valence-corrected chi connectivity index (χ4v) is 2.35. The van der Waals surface area contributed by atoms with Gasteiger partial charge in [-0.25, -0.2) is 0 Å². The van der Waals surface area contributed by atoms with E-state index in [2.05, 4.69) is 15.5 Å². The standard InChI is InChI=1S/C19H18ClN3O3/c1-12-3-5-14(6-4-12)18-22-17(26-23-18)11-21-19(24)13(2)25-16-9-7-15(20)8-10-16/h3-10,13H,11H2,1-2H3,(H,21,24). The van der Waals surface area contributed by atoms with E-state index in [1.54, 1.807) is 31.2 Å². The van der Waals surface area contributed by atoms with E-state index in [1.165, 1.54) is 0 Å². The van der Waals surface area contributed by atoms with Crippen molar-refractivity contribution in [2.75, 3.05) is 0 Å². The molecule has 0 bridgehead atoms. The Balaban J connectivity index is 1.54. The highest BCUT2D eigenvalue weighted by Gasteiger charge is 2.16. The second-order valence-corrected chi connectivity index (χ2v) is 6.25. The lowest BCUT2D eigenvalue weighted by atomic mass is 10.1. The van der Waals surface area contributed by atoms with Crippen molar-refractivity contribution in [2.24, 2.45) is 0 Å². The largest absolute Gasteiger partial charge is 0.481 e. The average Bonchev–Trinajstić information content (AvgIpc) is 3.11. The van der Waals surface area contributed by atoms with Gasteiger partial charge in [0.25, 0.3) is 5.91 Å². The second kappa shape index (κ2) is 8.01. The van der Waals surface area contributed by atoms with Crippen LogP contribution < -0.4 is 10.1 Å². The number of rotatable bonds is 6. The quantitative estimate of drug-likeness (QED) is 0.713. The van der Waals surface area contributed by atoms with Crippen LogP contribution in [0.15, 0.2) is 53.1 Å². The summed E-state index contributed by atoms with van der Waals surface area (Å²) in [7, 11) is 0. The van der Waals surface area contributed by atoms with Crippen LogP contribution in [-0.4, -0.2) is 22.2 Å². The highest BCUT2D eigenvalue weighted by molar-refractivity contribution is 6.30. The second-order valence-electron chi connectivity index (χ2n) is 5.81. The van der Waals surface area contributed by atoms with Gasteiger partial charge in [0, 0.05) is 10.6 Å². The molecule has 0 radical (unpaired) electrons. The van der Waals surface area contributed by atoms with Gasteiger partial charge in [0.05, 0.1) is 6.54 Å². The molecule has 7 heteroatoms. The molecule has 0 saturated heterocycles. The van der Waals surface area contributed by atoms with E-state index in [0.717, 1.165) is 11.1 Å². The summed E-state index contributed by atoms with van der Waals surface area (Å²) in [5.41, 5.74) is 2.01. The lowest BCUT2D eigenvalue weighted by Gasteiger charge is -2.13. The Kier molecular flexibility index (Phi) is 5.53. The minimum atomic E-state index is -0.671. The smallest absolute Gasteiger partial charge is 0.261 e. The lowest BCUT2D eigenvalue weighted by Crippen LogP contribution is -2.35. The summed E-state index contributed by atoms with van der Waals surface area (Å²) in [6.07, 6.45) is -0.671. The van der Waals surface area contributed by atoms with Crippen LogP contribution in [0.2, 0.25) is 5.02 Å². The average molecular weight is 372 g/mol. The van der Waals surface area contributed by atoms with Gasteiger partial charge in [-0.3, -0.25) is 4.79 Å². The first-order valence-corrected chi connectivity index (χ1v) is 8.48. The topological polar surface area (TPSA) is 77.2 Å². The zero-order valence-electron chi connectivity index (χ0n) is 14.4. The summed E-state index contributed by atoms with van der Waals surface area (Å²) < 4.78 is 10.7. The van der Waals surface area contributed by atoms with Crippen LogP contribution in [0, 0.1) is 6.92 Å². The van der Waals surface area contributed by atoms with Crippen LogP contribution in [0.25, 0.3) is 11.4 Å². The molecule has 1 heterocycles. The van der Waals surface area contributed by atoms with Crippen LogP contribution in [0.3, 0.4) is 0 Å². The molecule has 26 heavy (non-hydrogen) atoms. The number of ether oxygens (including phenoxy) is 1. The molecule has 1 unspecified atom stereocenters. The number of nitrogens with one attached hydrogen (secondary N) is 1. The summed E-state index contributed by atoms with van der Waals surface area (Å²) in [5.74, 6) is 1.10. The van der Waals surface area contributed by atoms with Gasteiger partial charge in [0.2, 0.25) is 11.7 Å². The summed E-state index contributed by atoms with van der Waals surface area (Å²) in [5, 5.41) is 7.26. The maximum atomic E-state index is 12.1. The fourth-order valence-electron chi connectivity index (χ4n) is 2.22. The van der Waals surface area contributed by atoms with Gasteiger partial charge in [-0.1, -0.05) is 46.6 Å². The van der Waals surface area contributed by atoms with Crippen molar-refractivity contribution in [3.63, 3.8) is 0 Å². The zero-order valence-corrected chi connectivity index (χ0v) is 15.2. The molecule has 1 N–H and O–H groups in total. The molecule has 3 aromatic rings. The van der Waals surface area contributed by atoms with Crippen molar-refractivity contribution in [2.45, 2.75) is 26.5 Å². The maximum absolute atomic E-state index is 12.1. The first kappa shape index (κ1) is 17.9. The predicted octanol–water partition coefficient (Wildman–Crippen LogP) is 3.78. The number of carbonyl (C=O) groups excluding carboxylic acids is 1. The van der Waals surface area contributed by atoms with Gasteiger partial charge in [0.15, 0.2) is 6.10 Å². The van der Waals surface area contributed by atoms with Gasteiger partial charge in [-0.2, -0.15) is 4.98 Å². The number of nitrogens with zero attached hydrogens (tertiary/aromatic N) is 2. The minimum absolute atomic E-state index is 0.131. The third kappa shape index (κ3) is 4.61. The van der Waals surface area contributed by atoms with Gasteiger partial charge < -0.3 is 14.6 Å². The lowest BCUT2D eigenvalue weighted by molar-refractivity contribution is -0.127. The normalized spacial score (nSPS) is 11.8. The predicted molar refractivity (Wildman–Crippen MR) is 97.9 cm³/mol. The summed E-state index contributed by atoms with van der Waals surface area (Å²) >= 11 is 5.82. The molecule has 3 rings (SSSR count). The molecule has 2 aromatic carbocycles. The molecule has 1 amide bonds. The Morgan fingerprint density at radius 2 is 1.88 bits per heavy atom. The Labute approximate surface area is 156 Å². The number of amides is 1. The number of hydrogen-bond donors (Lipinski definition) is 1. The molecule has 134 valence electrons. The van der Waals surface area contributed by atoms with Crippen molar-refractivity contribution in [1.29, 1.82) is 0 Å². The third-order valence-corrected chi connectivity index (χ3v) is 3.94. The summed E-state index contributed by atoms with van der Waals surface area (Å²) in [6, 6.07) is 14.6. The molecule has 0 aliphatic heterocycles. The van der Waals surface area contributed by atoms with Crippen LogP contribution in [0.1, 0.15) is 18.4 Å². The number of aromatic nitrogens is 2. The van der Waals surface area contributed by atoms with E-state index in [0.29, 0.717) is 22.5 Å². The van der Waals surface area contributed by atoms with Crippen molar-refractivity contribution >= 4 is 17.5 Å². The Morgan fingerprint density at radius 1 is 1.19 bits per heavy atom. The number of aryl methyl sites for hydroxylation is 1. The Hall–Kier alpha value is -2.86. The molecule has 0 saturated carbocycles. The van der Waals surface area contributed by atoms with E-state index in [1.807, 2.05) is 31.2 Å². The van der Waals surface area contributed by atoms with Crippen molar-refractivity contribution in [3.8, 4) is 17.1 Å². The molecule has 0 aliphatic carbocycles. The van der Waals surface area contributed by atoms with Crippen molar-refractivity contribution in [3.05, 3.63) is 65.0 Å². The van der Waals surface area contributed by atoms with E-state index in [9.17, 15) is 4.79 Å². The molecule has 0 spiro atoms. The summed E-state index contributed by atoms with van der Waals surface area (Å²) in [6.45, 7) is 3.80. The zero-order chi connectivity index (χ0) is 18.5. The van der Waals surface area contributed by atoms with Gasteiger partial charge in [0.1, 0.15) is 5.75 Å². The van der Waals surface area contributed by atoms with E-state index >= 15 is 0 Å². The van der Waals surface area contributed by atoms with E-state index in [-0.39, 0.29) is 12.5 Å². The Bertz CT molecular complexity index is 876. The van der Waals surface area contributed by atoms with Gasteiger partial charge in [-0.15, -0.1) is 0 Å². The van der Waals surface area contributed by atoms with Crippen LogP contribution in [0.4, 0.5) is 0 Å². The van der Waals surface area contributed by atoms with E-state index < -0.39 is 6.10 Å². The number of benzene rings is 2. The monoisotopic (exact) mass is 371 g/mol. The molecule has 1 aromatic heterocycles. The molecule has 6 nitrogen and oxygen atoms in total. The third-order valence-electron chi connectivity index (χ3n) is 3.69. The number of carbonyl (C=O) groups is 1. The van der Waals surface area contributed by atoms with Crippen LogP contribution in [-0.2, 0) is 11.3 Å². The molecule has 1 atom stereocenters. The molecular formula is C19H18ClN3O3. The highest BCUT2D eigenvalue weighted by atomic mass is 35.5. The van der Waals surface area contributed by atoms with E-state index in [4.69, 9.17) is 20.9 Å². The Morgan fingerprint density at radius 3 is 2.58 bits per heavy atom. The first-order chi connectivity index (χ1) is 12.5. The maximum Gasteiger partial charge on any atom is 0.261 e. The van der Waals surface area contributed by atoms with Crippen molar-refractivity contribution < 1.29 is 14.1 Å². The first-order valence-electron chi connectivity index (χ1n) is 8.11. The molecule has 0 fully saturated rings. The van der Waals surface area contributed by atoms with Crippen LogP contribution in [0.5, 0.6) is 5.75 Å². The SMILES string of the molecule is Cc1ccc(-c2noc(CNC(=O)C(C)Oc3ccc(Cl)cc3)n2)cc1.